The molecule has 2 heterocycles. The highest BCUT2D eigenvalue weighted by Crippen LogP contribution is 1.94. The zero-order chi connectivity index (χ0) is 16.7. The maximum absolute atomic E-state index is 11.9. The average Bonchev–Trinajstić information content (AvgIpc) is 2.52. The standard InChI is InChI=1S/C15H19N5O3/c1-2-4-12-9-15(23)19(11-17-12)10-13(21)16-7-8-20-14(22)5-3-6-18-20/h3,5-6,9,11H,2,4,7-8,10H2,1H3,(H,16,21). The van der Waals surface area contributed by atoms with Crippen molar-refractivity contribution in [3.8, 4) is 0 Å². The molecular weight excluding hydrogens is 298 g/mol. The molecule has 8 heteroatoms. The van der Waals surface area contributed by atoms with E-state index >= 15 is 0 Å². The number of rotatable bonds is 7. The number of aryl methyl sites for hydroxylation is 1. The smallest absolute Gasteiger partial charge is 0.266 e. The highest BCUT2D eigenvalue weighted by Gasteiger charge is 2.06. The van der Waals surface area contributed by atoms with Crippen molar-refractivity contribution in [2.24, 2.45) is 0 Å². The van der Waals surface area contributed by atoms with Crippen LogP contribution in [-0.2, 0) is 24.3 Å². The third kappa shape index (κ3) is 4.87. The molecule has 1 amide bonds. The topological polar surface area (TPSA) is 98.9 Å². The van der Waals surface area contributed by atoms with Crippen LogP contribution in [0.15, 0.2) is 40.3 Å². The fraction of sp³-hybridized carbons (Fsp3) is 0.400. The fourth-order valence-electron chi connectivity index (χ4n) is 2.04. The molecule has 23 heavy (non-hydrogen) atoms. The molecule has 0 aliphatic rings. The molecule has 122 valence electrons. The number of nitrogens with zero attached hydrogens (tertiary/aromatic N) is 4. The minimum atomic E-state index is -0.318. The van der Waals surface area contributed by atoms with Crippen molar-refractivity contribution in [2.45, 2.75) is 32.9 Å². The lowest BCUT2D eigenvalue weighted by molar-refractivity contribution is -0.121. The Balaban J connectivity index is 1.86. The molecule has 0 aromatic carbocycles. The lowest BCUT2D eigenvalue weighted by Gasteiger charge is -2.08. The van der Waals surface area contributed by atoms with E-state index in [-0.39, 0.29) is 36.7 Å². The Hall–Kier alpha value is -2.77. The van der Waals surface area contributed by atoms with Crippen molar-refractivity contribution in [1.82, 2.24) is 24.6 Å². The van der Waals surface area contributed by atoms with Crippen LogP contribution in [0.25, 0.3) is 0 Å². The molecule has 1 N–H and O–H groups in total. The van der Waals surface area contributed by atoms with Gasteiger partial charge in [0, 0.05) is 30.6 Å². The number of carbonyl (C=O) groups excluding carboxylic acids is 1. The largest absolute Gasteiger partial charge is 0.353 e. The Morgan fingerprint density at radius 3 is 2.83 bits per heavy atom. The summed E-state index contributed by atoms with van der Waals surface area (Å²) in [5.41, 5.74) is 0.247. The van der Waals surface area contributed by atoms with E-state index in [1.807, 2.05) is 6.92 Å². The predicted octanol–water partition coefficient (Wildman–Crippen LogP) is -0.431. The third-order valence-electron chi connectivity index (χ3n) is 3.19. The Bertz CT molecular complexity index is 781. The number of hydrogen-bond acceptors (Lipinski definition) is 5. The molecule has 2 aromatic heterocycles. The van der Waals surface area contributed by atoms with Gasteiger partial charge in [-0.05, 0) is 12.5 Å². The van der Waals surface area contributed by atoms with Gasteiger partial charge in [0.05, 0.1) is 12.9 Å². The predicted molar refractivity (Wildman–Crippen MR) is 84.0 cm³/mol. The molecule has 0 radical (unpaired) electrons. The molecule has 0 saturated carbocycles. The maximum Gasteiger partial charge on any atom is 0.266 e. The molecule has 0 bridgehead atoms. The van der Waals surface area contributed by atoms with Crippen LogP contribution in [-0.4, -0.2) is 31.8 Å². The second kappa shape index (κ2) is 8.02. The van der Waals surface area contributed by atoms with E-state index < -0.39 is 0 Å². The molecule has 0 atom stereocenters. The molecular formula is C15H19N5O3. The summed E-state index contributed by atoms with van der Waals surface area (Å²) in [6, 6.07) is 4.40. The normalized spacial score (nSPS) is 10.5. The highest BCUT2D eigenvalue weighted by molar-refractivity contribution is 5.75. The van der Waals surface area contributed by atoms with Crippen LogP contribution in [0.5, 0.6) is 0 Å². The molecule has 8 nitrogen and oxygen atoms in total. The quantitative estimate of drug-likeness (QED) is 0.747. The first-order valence-corrected chi connectivity index (χ1v) is 7.44. The second-order valence-corrected chi connectivity index (χ2v) is 5.03. The summed E-state index contributed by atoms with van der Waals surface area (Å²) in [6.45, 7) is 2.43. The van der Waals surface area contributed by atoms with Crippen molar-refractivity contribution >= 4 is 5.91 Å². The lowest BCUT2D eigenvalue weighted by Crippen LogP contribution is -2.35. The van der Waals surface area contributed by atoms with Gasteiger partial charge in [0.2, 0.25) is 5.91 Å². The molecule has 2 rings (SSSR count). The van der Waals surface area contributed by atoms with Gasteiger partial charge in [0.25, 0.3) is 11.1 Å². The summed E-state index contributed by atoms with van der Waals surface area (Å²) in [5, 5.41) is 6.54. The summed E-state index contributed by atoms with van der Waals surface area (Å²) in [5.74, 6) is -0.318. The van der Waals surface area contributed by atoms with E-state index in [9.17, 15) is 14.4 Å². The maximum atomic E-state index is 11.9. The number of carbonyl (C=O) groups is 1. The van der Waals surface area contributed by atoms with E-state index in [0.29, 0.717) is 0 Å². The van der Waals surface area contributed by atoms with Crippen LogP contribution in [0.2, 0.25) is 0 Å². The molecule has 0 unspecified atom stereocenters. The Morgan fingerprint density at radius 2 is 2.13 bits per heavy atom. The van der Waals surface area contributed by atoms with Gasteiger partial charge in [0.15, 0.2) is 0 Å². The summed E-state index contributed by atoms with van der Waals surface area (Å²) >= 11 is 0. The minimum absolute atomic E-state index is 0.102. The van der Waals surface area contributed by atoms with E-state index in [2.05, 4.69) is 15.4 Å². The first-order chi connectivity index (χ1) is 11.1. The fourth-order valence-corrected chi connectivity index (χ4v) is 2.04. The van der Waals surface area contributed by atoms with Gasteiger partial charge in [-0.3, -0.25) is 19.0 Å². The van der Waals surface area contributed by atoms with Crippen molar-refractivity contribution in [2.75, 3.05) is 6.54 Å². The van der Waals surface area contributed by atoms with Crippen LogP contribution in [0.1, 0.15) is 19.0 Å². The SMILES string of the molecule is CCCc1cc(=O)n(CC(=O)NCCn2ncccc2=O)cn1. The van der Waals surface area contributed by atoms with Crippen molar-refractivity contribution in [1.29, 1.82) is 0 Å². The monoisotopic (exact) mass is 317 g/mol. The minimum Gasteiger partial charge on any atom is -0.353 e. The van der Waals surface area contributed by atoms with Crippen LogP contribution in [0.4, 0.5) is 0 Å². The van der Waals surface area contributed by atoms with Gasteiger partial charge < -0.3 is 5.32 Å². The van der Waals surface area contributed by atoms with Gasteiger partial charge >= 0.3 is 0 Å². The van der Waals surface area contributed by atoms with Crippen LogP contribution in [0, 0.1) is 0 Å². The summed E-state index contributed by atoms with van der Waals surface area (Å²) in [4.78, 5) is 39.3. The zero-order valence-corrected chi connectivity index (χ0v) is 12.9. The molecule has 0 aliphatic carbocycles. The van der Waals surface area contributed by atoms with Gasteiger partial charge in [-0.25, -0.2) is 9.67 Å². The molecule has 2 aromatic rings. The first-order valence-electron chi connectivity index (χ1n) is 7.44. The molecule has 0 spiro atoms. The first kappa shape index (κ1) is 16.6. The molecule has 0 saturated heterocycles. The van der Waals surface area contributed by atoms with Crippen molar-refractivity contribution in [3.05, 3.63) is 57.1 Å². The van der Waals surface area contributed by atoms with Gasteiger partial charge in [-0.1, -0.05) is 13.3 Å². The lowest BCUT2D eigenvalue weighted by atomic mass is 10.2. The average molecular weight is 317 g/mol. The van der Waals surface area contributed by atoms with Crippen LogP contribution < -0.4 is 16.4 Å². The molecule has 0 aliphatic heterocycles. The number of amides is 1. The highest BCUT2D eigenvalue weighted by atomic mass is 16.2. The van der Waals surface area contributed by atoms with E-state index in [0.717, 1.165) is 18.5 Å². The van der Waals surface area contributed by atoms with E-state index in [4.69, 9.17) is 0 Å². The summed E-state index contributed by atoms with van der Waals surface area (Å²) in [7, 11) is 0. The zero-order valence-electron chi connectivity index (χ0n) is 12.9. The molecule has 0 fully saturated rings. The Kier molecular flexibility index (Phi) is 5.79. The number of nitrogens with one attached hydrogen (secondary N) is 1. The van der Waals surface area contributed by atoms with Gasteiger partial charge in [-0.2, -0.15) is 5.10 Å². The second-order valence-electron chi connectivity index (χ2n) is 5.03. The van der Waals surface area contributed by atoms with E-state index in [1.165, 1.54) is 33.9 Å². The van der Waals surface area contributed by atoms with Crippen molar-refractivity contribution in [3.63, 3.8) is 0 Å². The number of hydrogen-bond donors (Lipinski definition) is 1. The van der Waals surface area contributed by atoms with Crippen LogP contribution in [0.3, 0.4) is 0 Å². The van der Waals surface area contributed by atoms with Crippen molar-refractivity contribution < 1.29 is 4.79 Å². The number of aromatic nitrogens is 4. The summed E-state index contributed by atoms with van der Waals surface area (Å²) in [6.07, 6.45) is 4.54. The van der Waals surface area contributed by atoms with Gasteiger partial charge in [0.1, 0.15) is 6.54 Å². The van der Waals surface area contributed by atoms with E-state index in [1.54, 1.807) is 6.07 Å². The summed E-state index contributed by atoms with van der Waals surface area (Å²) < 4.78 is 2.51. The third-order valence-corrected chi connectivity index (χ3v) is 3.19. The Labute approximate surface area is 132 Å². The van der Waals surface area contributed by atoms with Crippen LogP contribution >= 0.6 is 0 Å². The Morgan fingerprint density at radius 1 is 1.30 bits per heavy atom. The van der Waals surface area contributed by atoms with Gasteiger partial charge in [-0.15, -0.1) is 0 Å².